The lowest BCUT2D eigenvalue weighted by atomic mass is 9.83. The van der Waals surface area contributed by atoms with E-state index in [1.807, 2.05) is 0 Å². The summed E-state index contributed by atoms with van der Waals surface area (Å²) in [6.07, 6.45) is 3.58. The van der Waals surface area contributed by atoms with Gasteiger partial charge in [-0.15, -0.1) is 0 Å². The van der Waals surface area contributed by atoms with Gasteiger partial charge in [0.25, 0.3) is 11.8 Å². The summed E-state index contributed by atoms with van der Waals surface area (Å²) in [5.74, 6) is -1.50. The largest absolute Gasteiger partial charge is 0.367 e. The Labute approximate surface area is 215 Å². The number of piperidine rings is 1. The minimum absolute atomic E-state index is 0.0425. The molecule has 3 amide bonds. The molecule has 0 saturated carbocycles. The summed E-state index contributed by atoms with van der Waals surface area (Å²) >= 11 is 6.14. The van der Waals surface area contributed by atoms with Crippen LogP contribution in [0.5, 0.6) is 0 Å². The van der Waals surface area contributed by atoms with Crippen molar-refractivity contribution in [2.45, 2.75) is 31.7 Å². The molecule has 36 heavy (non-hydrogen) atoms. The van der Waals surface area contributed by atoms with Crippen molar-refractivity contribution in [3.8, 4) is 0 Å². The molecule has 2 aliphatic heterocycles. The van der Waals surface area contributed by atoms with Crippen LogP contribution in [-0.4, -0.2) is 61.2 Å². The fraction of sp³-hybridized carbons (Fsp3) is 0.385. The van der Waals surface area contributed by atoms with Crippen LogP contribution >= 0.6 is 11.6 Å². The Morgan fingerprint density at radius 1 is 1.11 bits per heavy atom. The zero-order valence-corrected chi connectivity index (χ0v) is 21.0. The lowest BCUT2D eigenvalue weighted by molar-refractivity contribution is -0.123. The molecule has 4 rings (SSSR count). The molecule has 2 heterocycles. The molecule has 2 aromatic carbocycles. The molecule has 1 unspecified atom stereocenters. The number of aryl methyl sites for hydroxylation is 1. The van der Waals surface area contributed by atoms with Crippen molar-refractivity contribution in [3.05, 3.63) is 64.2 Å². The number of likely N-dealkylation sites (tertiary alicyclic amines) is 1. The van der Waals surface area contributed by atoms with E-state index in [-0.39, 0.29) is 18.3 Å². The number of amides is 3. The van der Waals surface area contributed by atoms with Gasteiger partial charge in [-0.25, -0.2) is 0 Å². The Bertz CT molecular complexity index is 1190. The van der Waals surface area contributed by atoms with Crippen LogP contribution in [0.25, 0.3) is 0 Å². The maximum absolute atomic E-state index is 13.1. The third-order valence-corrected chi connectivity index (χ3v) is 7.04. The first kappa shape index (κ1) is 25.8. The summed E-state index contributed by atoms with van der Waals surface area (Å²) in [6.45, 7) is 5.14. The Morgan fingerprint density at radius 3 is 2.56 bits per heavy atom. The fourth-order valence-corrected chi connectivity index (χ4v) is 4.95. The van der Waals surface area contributed by atoms with Crippen LogP contribution in [0, 0.1) is 6.92 Å². The second-order valence-electron chi connectivity index (χ2n) is 9.08. The summed E-state index contributed by atoms with van der Waals surface area (Å²) in [5, 5.41) is 9.11. The van der Waals surface area contributed by atoms with Crippen LogP contribution in [0.1, 0.15) is 40.7 Å². The van der Waals surface area contributed by atoms with Crippen molar-refractivity contribution >= 4 is 40.7 Å². The predicted octanol–water partition coefficient (Wildman–Crippen LogP) is 2.19. The summed E-state index contributed by atoms with van der Waals surface area (Å²) in [4.78, 5) is 45.2. The number of nitrogens with two attached hydrogens (primary N) is 1. The van der Waals surface area contributed by atoms with Crippen LogP contribution in [0.3, 0.4) is 0 Å². The molecular weight excluding hydrogens is 480 g/mol. The number of carbonyl (C=O) groups excluding carboxylic acids is 3. The summed E-state index contributed by atoms with van der Waals surface area (Å²) < 4.78 is 0. The fourth-order valence-electron chi connectivity index (χ4n) is 4.73. The quantitative estimate of drug-likeness (QED) is 0.432. The van der Waals surface area contributed by atoms with E-state index in [1.165, 1.54) is 19.3 Å². The molecule has 1 atom stereocenters. The standard InChI is InChI=1S/C26H31ClN6O3/c1-17-15-18(9-10-21(17)32-23(34)19-7-3-4-8-20(19)27)26(25(28)36)22(30-16-31-26)24(35)29-11-14-33-12-5-2-6-13-33/h3-4,7-10,15,31H,2,5-6,11-14,16H2,1H3,(H2,28,36)(H,29,35)(H,32,34). The van der Waals surface area contributed by atoms with E-state index in [0.717, 1.165) is 19.6 Å². The minimum atomic E-state index is -1.56. The van der Waals surface area contributed by atoms with Gasteiger partial charge in [0.15, 0.2) is 5.54 Å². The summed E-state index contributed by atoms with van der Waals surface area (Å²) in [5.41, 5.74) is 6.39. The molecule has 0 spiro atoms. The van der Waals surface area contributed by atoms with E-state index in [1.54, 1.807) is 49.4 Å². The lowest BCUT2D eigenvalue weighted by Crippen LogP contribution is -2.58. The van der Waals surface area contributed by atoms with Gasteiger partial charge < -0.3 is 21.3 Å². The lowest BCUT2D eigenvalue weighted by Gasteiger charge is -2.29. The molecule has 10 heteroatoms. The van der Waals surface area contributed by atoms with E-state index in [9.17, 15) is 14.4 Å². The Balaban J connectivity index is 1.50. The van der Waals surface area contributed by atoms with Gasteiger partial charge in [0.05, 0.1) is 17.3 Å². The number of hydrogen-bond acceptors (Lipinski definition) is 6. The van der Waals surface area contributed by atoms with E-state index in [0.29, 0.717) is 33.9 Å². The summed E-state index contributed by atoms with van der Waals surface area (Å²) in [6, 6.07) is 11.8. The van der Waals surface area contributed by atoms with Crippen molar-refractivity contribution in [1.82, 2.24) is 15.5 Å². The van der Waals surface area contributed by atoms with Crippen molar-refractivity contribution < 1.29 is 14.4 Å². The highest BCUT2D eigenvalue weighted by atomic mass is 35.5. The third-order valence-electron chi connectivity index (χ3n) is 6.71. The monoisotopic (exact) mass is 510 g/mol. The Kier molecular flexibility index (Phi) is 8.03. The smallest absolute Gasteiger partial charge is 0.268 e. The predicted molar refractivity (Wildman–Crippen MR) is 140 cm³/mol. The molecule has 5 N–H and O–H groups in total. The highest BCUT2D eigenvalue weighted by Crippen LogP contribution is 2.30. The van der Waals surface area contributed by atoms with Gasteiger partial charge in [0.2, 0.25) is 5.91 Å². The van der Waals surface area contributed by atoms with E-state index >= 15 is 0 Å². The summed E-state index contributed by atoms with van der Waals surface area (Å²) in [7, 11) is 0. The molecule has 1 fully saturated rings. The molecule has 0 aliphatic carbocycles. The normalized spacial score (nSPS) is 20.0. The Hall–Kier alpha value is -3.27. The molecule has 9 nitrogen and oxygen atoms in total. The number of hydrogen-bond donors (Lipinski definition) is 4. The molecular formula is C26H31ClN6O3. The highest BCUT2D eigenvalue weighted by molar-refractivity contribution is 6.47. The van der Waals surface area contributed by atoms with Gasteiger partial charge in [-0.2, -0.15) is 0 Å². The van der Waals surface area contributed by atoms with Crippen LogP contribution in [0.4, 0.5) is 5.69 Å². The first-order valence-corrected chi connectivity index (χ1v) is 12.5. The van der Waals surface area contributed by atoms with Gasteiger partial charge >= 0.3 is 0 Å². The van der Waals surface area contributed by atoms with Gasteiger partial charge in [-0.05, 0) is 62.2 Å². The van der Waals surface area contributed by atoms with E-state index in [2.05, 4.69) is 25.8 Å². The van der Waals surface area contributed by atoms with Gasteiger partial charge in [-0.3, -0.25) is 24.7 Å². The molecule has 0 aromatic heterocycles. The molecule has 0 radical (unpaired) electrons. The number of anilines is 1. The Morgan fingerprint density at radius 2 is 1.86 bits per heavy atom. The second kappa shape index (κ2) is 11.2. The van der Waals surface area contributed by atoms with Crippen molar-refractivity contribution in [2.24, 2.45) is 10.7 Å². The maximum Gasteiger partial charge on any atom is 0.268 e. The zero-order chi connectivity index (χ0) is 25.7. The number of benzene rings is 2. The van der Waals surface area contributed by atoms with Crippen LogP contribution < -0.4 is 21.7 Å². The van der Waals surface area contributed by atoms with Crippen molar-refractivity contribution in [3.63, 3.8) is 0 Å². The average Bonchev–Trinajstić information content (AvgIpc) is 3.33. The number of primary amides is 1. The van der Waals surface area contributed by atoms with Gasteiger partial charge in [0.1, 0.15) is 5.71 Å². The first-order valence-electron chi connectivity index (χ1n) is 12.1. The zero-order valence-electron chi connectivity index (χ0n) is 20.3. The number of nitrogens with one attached hydrogen (secondary N) is 3. The number of nitrogens with zero attached hydrogens (tertiary/aromatic N) is 2. The topological polar surface area (TPSA) is 129 Å². The van der Waals surface area contributed by atoms with Crippen molar-refractivity contribution in [1.29, 1.82) is 0 Å². The van der Waals surface area contributed by atoms with Gasteiger partial charge in [-0.1, -0.05) is 42.3 Å². The SMILES string of the molecule is Cc1cc(C2(C(N)=O)NCN=C2C(=O)NCCN2CCCCC2)ccc1NC(=O)c1ccccc1Cl. The third kappa shape index (κ3) is 5.28. The average molecular weight is 511 g/mol. The maximum atomic E-state index is 13.1. The van der Waals surface area contributed by atoms with Crippen LogP contribution in [-0.2, 0) is 15.1 Å². The highest BCUT2D eigenvalue weighted by Gasteiger charge is 2.49. The van der Waals surface area contributed by atoms with Crippen LogP contribution in [0.2, 0.25) is 5.02 Å². The van der Waals surface area contributed by atoms with Crippen molar-refractivity contribution in [2.75, 3.05) is 38.2 Å². The molecule has 2 aliphatic rings. The molecule has 2 aromatic rings. The minimum Gasteiger partial charge on any atom is -0.367 e. The number of aliphatic imine (C=N–C) groups is 1. The molecule has 190 valence electrons. The first-order chi connectivity index (χ1) is 17.3. The second-order valence-corrected chi connectivity index (χ2v) is 9.48. The molecule has 1 saturated heterocycles. The van der Waals surface area contributed by atoms with E-state index in [4.69, 9.17) is 17.3 Å². The van der Waals surface area contributed by atoms with Gasteiger partial charge in [0, 0.05) is 18.8 Å². The number of rotatable bonds is 8. The molecule has 0 bridgehead atoms. The number of halogens is 1. The van der Waals surface area contributed by atoms with E-state index < -0.39 is 17.4 Å². The number of carbonyl (C=O) groups is 3. The van der Waals surface area contributed by atoms with Crippen LogP contribution in [0.15, 0.2) is 47.5 Å².